The van der Waals surface area contributed by atoms with Crippen LogP contribution >= 0.6 is 0 Å². The molecule has 1 heterocycles. The molecule has 0 bridgehead atoms. The van der Waals surface area contributed by atoms with Gasteiger partial charge in [-0.05, 0) is 18.6 Å². The predicted molar refractivity (Wildman–Crippen MR) is 70.8 cm³/mol. The largest absolute Gasteiger partial charge is 0.461 e. The topological polar surface area (TPSA) is 87.3 Å². The van der Waals surface area contributed by atoms with Crippen molar-refractivity contribution in [2.24, 2.45) is 0 Å². The summed E-state index contributed by atoms with van der Waals surface area (Å²) in [5.41, 5.74) is 0.645. The molecule has 2 rings (SSSR count). The number of nitro groups is 1. The average Bonchev–Trinajstić information content (AvgIpc) is 2.94. The quantitative estimate of drug-likeness (QED) is 0.475. The molecule has 0 aliphatic rings. The van der Waals surface area contributed by atoms with E-state index in [-0.39, 0.29) is 11.4 Å². The zero-order valence-corrected chi connectivity index (χ0v) is 10.9. The second-order valence-corrected chi connectivity index (χ2v) is 4.06. The molecule has 0 atom stereocenters. The molecule has 1 aromatic heterocycles. The van der Waals surface area contributed by atoms with E-state index in [0.29, 0.717) is 12.3 Å². The van der Waals surface area contributed by atoms with Crippen LogP contribution in [0.5, 0.6) is 0 Å². The zero-order valence-electron chi connectivity index (χ0n) is 10.9. The van der Waals surface area contributed by atoms with E-state index in [0.717, 1.165) is 6.42 Å². The summed E-state index contributed by atoms with van der Waals surface area (Å²) in [7, 11) is 0. The maximum atomic E-state index is 11.6. The van der Waals surface area contributed by atoms with Crippen LogP contribution in [0.1, 0.15) is 23.8 Å². The smallest absolute Gasteiger partial charge is 0.358 e. The lowest BCUT2D eigenvalue weighted by molar-refractivity contribution is -0.384. The van der Waals surface area contributed by atoms with Crippen LogP contribution in [0.3, 0.4) is 0 Å². The van der Waals surface area contributed by atoms with Gasteiger partial charge < -0.3 is 4.74 Å². The van der Waals surface area contributed by atoms with Gasteiger partial charge in [0, 0.05) is 18.3 Å². The van der Waals surface area contributed by atoms with Crippen LogP contribution in [-0.4, -0.2) is 27.3 Å². The molecule has 7 heteroatoms. The van der Waals surface area contributed by atoms with Gasteiger partial charge in [-0.3, -0.25) is 10.1 Å². The number of aromatic nitrogens is 2. The number of esters is 1. The maximum Gasteiger partial charge on any atom is 0.358 e. The Morgan fingerprint density at radius 3 is 2.95 bits per heavy atom. The lowest BCUT2D eigenvalue weighted by Gasteiger charge is -2.01. The van der Waals surface area contributed by atoms with Crippen molar-refractivity contribution >= 4 is 11.7 Å². The fraction of sp³-hybridized carbons (Fsp3) is 0.231. The monoisotopic (exact) mass is 275 g/mol. The number of non-ortho nitro benzene ring substituents is 1. The number of carbonyl (C=O) groups excluding carboxylic acids is 1. The highest BCUT2D eigenvalue weighted by Gasteiger charge is 2.12. The minimum absolute atomic E-state index is 0.0342. The van der Waals surface area contributed by atoms with Crippen LogP contribution in [-0.2, 0) is 4.74 Å². The molecule has 104 valence electrons. The Labute approximate surface area is 114 Å². The van der Waals surface area contributed by atoms with E-state index >= 15 is 0 Å². The second kappa shape index (κ2) is 5.96. The number of hydrogen-bond acceptors (Lipinski definition) is 5. The van der Waals surface area contributed by atoms with E-state index in [4.69, 9.17) is 4.74 Å². The molecule has 0 aliphatic carbocycles. The van der Waals surface area contributed by atoms with Crippen molar-refractivity contribution in [2.75, 3.05) is 6.61 Å². The van der Waals surface area contributed by atoms with E-state index in [9.17, 15) is 14.9 Å². The molecule has 0 amide bonds. The molecular weight excluding hydrogens is 262 g/mol. The van der Waals surface area contributed by atoms with Crippen molar-refractivity contribution in [2.45, 2.75) is 13.3 Å². The summed E-state index contributed by atoms with van der Waals surface area (Å²) in [6.45, 7) is 2.23. The zero-order chi connectivity index (χ0) is 14.5. The molecule has 0 fully saturated rings. The molecule has 0 radical (unpaired) electrons. The third-order valence-electron chi connectivity index (χ3n) is 2.54. The van der Waals surface area contributed by atoms with Gasteiger partial charge >= 0.3 is 5.97 Å². The first kappa shape index (κ1) is 13.7. The van der Waals surface area contributed by atoms with Gasteiger partial charge in [0.25, 0.3) is 5.69 Å². The number of hydrogen-bond donors (Lipinski definition) is 0. The molecular formula is C13H13N3O4. The van der Waals surface area contributed by atoms with Crippen molar-refractivity contribution in [3.63, 3.8) is 0 Å². The average molecular weight is 275 g/mol. The molecule has 2 aromatic rings. The van der Waals surface area contributed by atoms with Gasteiger partial charge in [-0.1, -0.05) is 13.0 Å². The second-order valence-electron chi connectivity index (χ2n) is 4.06. The Kier molecular flexibility index (Phi) is 4.09. The van der Waals surface area contributed by atoms with E-state index in [2.05, 4.69) is 5.10 Å². The Balaban J connectivity index is 2.22. The van der Waals surface area contributed by atoms with Crippen LogP contribution in [0.2, 0.25) is 0 Å². The summed E-state index contributed by atoms with van der Waals surface area (Å²) < 4.78 is 6.36. The Hall–Kier alpha value is -2.70. The number of nitro benzene ring substituents is 1. The number of rotatable bonds is 5. The van der Waals surface area contributed by atoms with E-state index < -0.39 is 10.9 Å². The fourth-order valence-corrected chi connectivity index (χ4v) is 1.59. The Morgan fingerprint density at radius 2 is 2.25 bits per heavy atom. The summed E-state index contributed by atoms with van der Waals surface area (Å²) >= 11 is 0. The predicted octanol–water partition coefficient (Wildman–Crippen LogP) is 2.35. The van der Waals surface area contributed by atoms with Gasteiger partial charge in [-0.2, -0.15) is 5.10 Å². The summed E-state index contributed by atoms with van der Waals surface area (Å²) in [6, 6.07) is 7.51. The van der Waals surface area contributed by atoms with E-state index in [1.54, 1.807) is 18.3 Å². The maximum absolute atomic E-state index is 11.6. The van der Waals surface area contributed by atoms with Crippen molar-refractivity contribution in [3.8, 4) is 5.69 Å². The molecule has 1 aromatic carbocycles. The summed E-state index contributed by atoms with van der Waals surface area (Å²) in [5.74, 6) is -0.504. The van der Waals surface area contributed by atoms with Crippen molar-refractivity contribution in [1.29, 1.82) is 0 Å². The lowest BCUT2D eigenvalue weighted by atomic mass is 10.3. The SMILES string of the molecule is CCCOC(=O)c1ccn(-c2cccc([N+](=O)[O-])c2)n1. The molecule has 0 saturated carbocycles. The fourth-order valence-electron chi connectivity index (χ4n) is 1.59. The third-order valence-corrected chi connectivity index (χ3v) is 2.54. The van der Waals surface area contributed by atoms with Crippen LogP contribution in [0.15, 0.2) is 36.5 Å². The van der Waals surface area contributed by atoms with Crippen LogP contribution in [0, 0.1) is 10.1 Å². The first-order valence-corrected chi connectivity index (χ1v) is 6.09. The Bertz CT molecular complexity index is 636. The summed E-state index contributed by atoms with van der Waals surface area (Å²) in [6.07, 6.45) is 2.29. The van der Waals surface area contributed by atoms with Crippen molar-refractivity contribution in [1.82, 2.24) is 9.78 Å². The van der Waals surface area contributed by atoms with Crippen LogP contribution in [0.4, 0.5) is 5.69 Å². The lowest BCUT2D eigenvalue weighted by Crippen LogP contribution is -2.07. The first-order chi connectivity index (χ1) is 9.61. The van der Waals surface area contributed by atoms with Gasteiger partial charge in [-0.25, -0.2) is 9.48 Å². The van der Waals surface area contributed by atoms with Gasteiger partial charge in [0.2, 0.25) is 0 Å². The third kappa shape index (κ3) is 3.00. The minimum Gasteiger partial charge on any atom is -0.461 e. The number of nitrogens with zero attached hydrogens (tertiary/aromatic N) is 3. The number of ether oxygens (including phenoxy) is 1. The van der Waals surface area contributed by atoms with Crippen molar-refractivity contribution in [3.05, 3.63) is 52.3 Å². The van der Waals surface area contributed by atoms with Gasteiger partial charge in [0.15, 0.2) is 5.69 Å². The molecule has 20 heavy (non-hydrogen) atoms. The molecule has 0 N–H and O–H groups in total. The Morgan fingerprint density at radius 1 is 1.45 bits per heavy atom. The van der Waals surface area contributed by atoms with E-state index in [1.165, 1.54) is 22.9 Å². The molecule has 7 nitrogen and oxygen atoms in total. The summed E-state index contributed by atoms with van der Waals surface area (Å²) in [4.78, 5) is 21.9. The highest BCUT2D eigenvalue weighted by Crippen LogP contribution is 2.16. The summed E-state index contributed by atoms with van der Waals surface area (Å²) in [5, 5.41) is 14.8. The highest BCUT2D eigenvalue weighted by molar-refractivity contribution is 5.87. The number of benzene rings is 1. The molecule has 0 aliphatic heterocycles. The minimum atomic E-state index is -0.504. The normalized spacial score (nSPS) is 10.2. The van der Waals surface area contributed by atoms with E-state index in [1.807, 2.05) is 6.92 Å². The molecule has 0 unspecified atom stereocenters. The number of carbonyl (C=O) groups is 1. The first-order valence-electron chi connectivity index (χ1n) is 6.09. The molecule has 0 saturated heterocycles. The highest BCUT2D eigenvalue weighted by atomic mass is 16.6. The standard InChI is InChI=1S/C13H13N3O4/c1-2-8-20-13(17)12-6-7-15(14-12)10-4-3-5-11(9-10)16(18)19/h3-7,9H,2,8H2,1H3. The van der Waals surface area contributed by atoms with Crippen molar-refractivity contribution < 1.29 is 14.5 Å². The van der Waals surface area contributed by atoms with Gasteiger partial charge in [-0.15, -0.1) is 0 Å². The van der Waals surface area contributed by atoms with Crippen LogP contribution < -0.4 is 0 Å². The van der Waals surface area contributed by atoms with Crippen LogP contribution in [0.25, 0.3) is 5.69 Å². The van der Waals surface area contributed by atoms with Gasteiger partial charge in [0.05, 0.1) is 17.2 Å². The molecule has 0 spiro atoms. The van der Waals surface area contributed by atoms with Gasteiger partial charge in [0.1, 0.15) is 0 Å².